The van der Waals surface area contributed by atoms with Crippen molar-refractivity contribution in [3.8, 4) is 5.75 Å². The van der Waals surface area contributed by atoms with Gasteiger partial charge in [0.15, 0.2) is 17.7 Å². The summed E-state index contributed by atoms with van der Waals surface area (Å²) in [5.74, 6) is -0.750. The largest absolute Gasteiger partial charge is 0.478 e. The molecule has 5 nitrogen and oxygen atoms in total. The highest BCUT2D eigenvalue weighted by atomic mass is 19.1. The van der Waals surface area contributed by atoms with E-state index in [1.807, 2.05) is 0 Å². The molecule has 6 heteroatoms. The highest BCUT2D eigenvalue weighted by Gasteiger charge is 2.16. The number of hydrogen-bond acceptors (Lipinski definition) is 4. The zero-order valence-corrected chi connectivity index (χ0v) is 11.8. The van der Waals surface area contributed by atoms with E-state index in [4.69, 9.17) is 15.2 Å². The van der Waals surface area contributed by atoms with Crippen LogP contribution in [0.1, 0.15) is 12.5 Å². The molecule has 112 valence electrons. The third kappa shape index (κ3) is 5.14. The normalized spacial score (nSPS) is 12.0. The molecule has 1 amide bonds. The minimum atomic E-state index is -0.776. The van der Waals surface area contributed by atoms with Crippen LogP contribution in [0.2, 0.25) is 0 Å². The predicted octanol–water partition coefficient (Wildman–Crippen LogP) is 0.857. The third-order valence-electron chi connectivity index (χ3n) is 2.71. The number of nitrogens with one attached hydrogen (secondary N) is 1. The van der Waals surface area contributed by atoms with Gasteiger partial charge in [0.2, 0.25) is 0 Å². The van der Waals surface area contributed by atoms with Crippen molar-refractivity contribution in [2.45, 2.75) is 19.4 Å². The van der Waals surface area contributed by atoms with Crippen molar-refractivity contribution in [1.29, 1.82) is 0 Å². The number of benzene rings is 1. The molecule has 0 saturated heterocycles. The molecule has 1 aromatic rings. The van der Waals surface area contributed by atoms with E-state index < -0.39 is 11.9 Å². The second-order valence-corrected chi connectivity index (χ2v) is 4.35. The van der Waals surface area contributed by atoms with Crippen molar-refractivity contribution < 1.29 is 18.7 Å². The maximum Gasteiger partial charge on any atom is 0.260 e. The Morgan fingerprint density at radius 2 is 2.25 bits per heavy atom. The number of carbonyl (C=O) groups is 1. The summed E-state index contributed by atoms with van der Waals surface area (Å²) in [5.41, 5.74) is 6.21. The standard InChI is InChI=1S/C14H21FN2O3/c1-10(14(18)17-7-8-19-2)20-13-4-3-11(5-6-16)9-12(13)15/h3-4,9-10H,5-8,16H2,1-2H3,(H,17,18). The second-order valence-electron chi connectivity index (χ2n) is 4.35. The van der Waals surface area contributed by atoms with E-state index in [1.54, 1.807) is 20.1 Å². The number of ether oxygens (including phenoxy) is 2. The maximum atomic E-state index is 13.8. The first-order valence-corrected chi connectivity index (χ1v) is 6.50. The first-order chi connectivity index (χ1) is 9.58. The molecule has 0 aromatic heterocycles. The molecule has 1 aromatic carbocycles. The monoisotopic (exact) mass is 284 g/mol. The summed E-state index contributed by atoms with van der Waals surface area (Å²) >= 11 is 0. The molecule has 1 unspecified atom stereocenters. The quantitative estimate of drug-likeness (QED) is 0.694. The lowest BCUT2D eigenvalue weighted by Gasteiger charge is -2.15. The van der Waals surface area contributed by atoms with Gasteiger partial charge in [0.05, 0.1) is 6.61 Å². The van der Waals surface area contributed by atoms with Crippen LogP contribution in [0.15, 0.2) is 18.2 Å². The number of hydrogen-bond donors (Lipinski definition) is 2. The number of rotatable bonds is 8. The summed E-state index contributed by atoms with van der Waals surface area (Å²) in [6.45, 7) is 2.83. The van der Waals surface area contributed by atoms with Gasteiger partial charge in [-0.2, -0.15) is 0 Å². The summed E-state index contributed by atoms with van der Waals surface area (Å²) in [7, 11) is 1.55. The number of halogens is 1. The summed E-state index contributed by atoms with van der Waals surface area (Å²) in [6.07, 6.45) is -0.175. The minimum absolute atomic E-state index is 0.0557. The van der Waals surface area contributed by atoms with Crippen molar-refractivity contribution in [3.63, 3.8) is 0 Å². The fourth-order valence-electron chi connectivity index (χ4n) is 1.63. The highest BCUT2D eigenvalue weighted by molar-refractivity contribution is 5.80. The Hall–Kier alpha value is -1.66. The Bertz CT molecular complexity index is 440. The molecule has 0 aliphatic carbocycles. The zero-order chi connectivity index (χ0) is 15.0. The third-order valence-corrected chi connectivity index (χ3v) is 2.71. The Labute approximate surface area is 118 Å². The predicted molar refractivity (Wildman–Crippen MR) is 74.1 cm³/mol. The van der Waals surface area contributed by atoms with E-state index >= 15 is 0 Å². The van der Waals surface area contributed by atoms with Crippen LogP contribution in [0, 0.1) is 5.82 Å². The lowest BCUT2D eigenvalue weighted by Crippen LogP contribution is -2.38. The molecule has 0 fully saturated rings. The smallest absolute Gasteiger partial charge is 0.260 e. The van der Waals surface area contributed by atoms with Gasteiger partial charge in [-0.3, -0.25) is 4.79 Å². The topological polar surface area (TPSA) is 73.6 Å². The van der Waals surface area contributed by atoms with Gasteiger partial charge in [-0.25, -0.2) is 4.39 Å². The van der Waals surface area contributed by atoms with Crippen molar-refractivity contribution >= 4 is 5.91 Å². The van der Waals surface area contributed by atoms with E-state index in [0.717, 1.165) is 5.56 Å². The molecule has 0 saturated carbocycles. The number of methoxy groups -OCH3 is 1. The van der Waals surface area contributed by atoms with Gasteiger partial charge >= 0.3 is 0 Å². The van der Waals surface area contributed by atoms with Gasteiger partial charge in [-0.05, 0) is 37.6 Å². The zero-order valence-electron chi connectivity index (χ0n) is 11.8. The van der Waals surface area contributed by atoms with E-state index in [9.17, 15) is 9.18 Å². The highest BCUT2D eigenvalue weighted by Crippen LogP contribution is 2.19. The van der Waals surface area contributed by atoms with Gasteiger partial charge < -0.3 is 20.5 Å². The molecule has 0 heterocycles. The molecule has 0 radical (unpaired) electrons. The molecular weight excluding hydrogens is 263 g/mol. The van der Waals surface area contributed by atoms with E-state index in [2.05, 4.69) is 5.32 Å². The molecule has 0 spiro atoms. The summed E-state index contributed by atoms with van der Waals surface area (Å²) in [6, 6.07) is 4.62. The van der Waals surface area contributed by atoms with Gasteiger partial charge in [0.25, 0.3) is 5.91 Å². The van der Waals surface area contributed by atoms with E-state index in [1.165, 1.54) is 12.1 Å². The fraction of sp³-hybridized carbons (Fsp3) is 0.500. The molecule has 3 N–H and O–H groups in total. The van der Waals surface area contributed by atoms with Crippen LogP contribution in [-0.4, -0.2) is 38.8 Å². The van der Waals surface area contributed by atoms with Gasteiger partial charge in [-0.1, -0.05) is 6.07 Å². The van der Waals surface area contributed by atoms with Crippen molar-refractivity contribution in [1.82, 2.24) is 5.32 Å². The molecule has 0 aliphatic heterocycles. The van der Waals surface area contributed by atoms with Crippen LogP contribution in [-0.2, 0) is 16.0 Å². The second kappa shape index (κ2) is 8.50. The van der Waals surface area contributed by atoms with E-state index in [0.29, 0.717) is 26.1 Å². The number of amides is 1. The summed E-state index contributed by atoms with van der Waals surface area (Å²) in [5, 5.41) is 2.63. The van der Waals surface area contributed by atoms with Gasteiger partial charge in [0.1, 0.15) is 0 Å². The van der Waals surface area contributed by atoms with Crippen LogP contribution in [0.25, 0.3) is 0 Å². The summed E-state index contributed by atoms with van der Waals surface area (Å²) in [4.78, 5) is 11.7. The Morgan fingerprint density at radius 3 is 2.85 bits per heavy atom. The van der Waals surface area contributed by atoms with Crippen molar-refractivity contribution in [2.75, 3.05) is 26.8 Å². The van der Waals surface area contributed by atoms with Crippen LogP contribution < -0.4 is 15.8 Å². The molecule has 20 heavy (non-hydrogen) atoms. The lowest BCUT2D eigenvalue weighted by atomic mass is 10.1. The molecule has 1 atom stereocenters. The summed E-state index contributed by atoms with van der Waals surface area (Å²) < 4.78 is 23.9. The molecule has 1 rings (SSSR count). The van der Waals surface area contributed by atoms with Crippen LogP contribution in [0.3, 0.4) is 0 Å². The molecule has 0 aliphatic rings. The average molecular weight is 284 g/mol. The van der Waals surface area contributed by atoms with Crippen LogP contribution in [0.4, 0.5) is 4.39 Å². The first kappa shape index (κ1) is 16.4. The Kier molecular flexibility index (Phi) is 6.97. The Morgan fingerprint density at radius 1 is 1.50 bits per heavy atom. The molecular formula is C14H21FN2O3. The average Bonchev–Trinajstić information content (AvgIpc) is 2.42. The van der Waals surface area contributed by atoms with E-state index in [-0.39, 0.29) is 11.7 Å². The molecule has 0 bridgehead atoms. The van der Waals surface area contributed by atoms with Gasteiger partial charge in [0, 0.05) is 13.7 Å². The van der Waals surface area contributed by atoms with Crippen molar-refractivity contribution in [3.05, 3.63) is 29.6 Å². The lowest BCUT2D eigenvalue weighted by molar-refractivity contribution is -0.127. The number of carbonyl (C=O) groups excluding carboxylic acids is 1. The first-order valence-electron chi connectivity index (χ1n) is 6.50. The van der Waals surface area contributed by atoms with Gasteiger partial charge in [-0.15, -0.1) is 0 Å². The maximum absolute atomic E-state index is 13.8. The minimum Gasteiger partial charge on any atom is -0.478 e. The fourth-order valence-corrected chi connectivity index (χ4v) is 1.63. The number of nitrogens with two attached hydrogens (primary N) is 1. The Balaban J connectivity index is 2.56. The van der Waals surface area contributed by atoms with Crippen LogP contribution >= 0.6 is 0 Å². The SMILES string of the molecule is COCCNC(=O)C(C)Oc1ccc(CCN)cc1F. The van der Waals surface area contributed by atoms with Crippen LogP contribution in [0.5, 0.6) is 5.75 Å². The van der Waals surface area contributed by atoms with Crippen molar-refractivity contribution in [2.24, 2.45) is 5.73 Å².